The molecule has 1 atom stereocenters. The van der Waals surface area contributed by atoms with E-state index in [1.54, 1.807) is 17.0 Å². The predicted molar refractivity (Wildman–Crippen MR) is 95.9 cm³/mol. The standard InChI is InChI=1S/C18H23FN6O2/c1-24-12-22-23-16(24)5-6-20-17(26)10-15-18(27)21-7-8-25(15)11-13-3-2-4-14(19)9-13/h2-4,9,12,15H,5-8,10-11H2,1H3,(H,20,26)(H,21,27)/t15-/m1/s1. The second kappa shape index (κ2) is 8.72. The number of hydrogen-bond donors (Lipinski definition) is 2. The second-order valence-corrected chi connectivity index (χ2v) is 6.57. The summed E-state index contributed by atoms with van der Waals surface area (Å²) in [6.45, 7) is 1.96. The van der Waals surface area contributed by atoms with Crippen LogP contribution in [0.1, 0.15) is 17.8 Å². The van der Waals surface area contributed by atoms with Crippen LogP contribution in [0.2, 0.25) is 0 Å². The van der Waals surface area contributed by atoms with Crippen LogP contribution in [0.15, 0.2) is 30.6 Å². The van der Waals surface area contributed by atoms with Crippen LogP contribution in [0, 0.1) is 5.82 Å². The number of carbonyl (C=O) groups is 2. The molecule has 1 aliphatic heterocycles. The summed E-state index contributed by atoms with van der Waals surface area (Å²) in [6, 6.07) is 5.71. The molecule has 1 aromatic carbocycles. The third kappa shape index (κ3) is 5.10. The van der Waals surface area contributed by atoms with Crippen molar-refractivity contribution in [1.82, 2.24) is 30.3 Å². The first-order valence-electron chi connectivity index (χ1n) is 8.88. The van der Waals surface area contributed by atoms with Crippen molar-refractivity contribution in [3.63, 3.8) is 0 Å². The number of piperazine rings is 1. The Kier molecular flexibility index (Phi) is 6.12. The zero-order valence-corrected chi connectivity index (χ0v) is 15.2. The Balaban J connectivity index is 1.55. The van der Waals surface area contributed by atoms with Gasteiger partial charge in [-0.2, -0.15) is 0 Å². The fourth-order valence-electron chi connectivity index (χ4n) is 3.14. The van der Waals surface area contributed by atoms with Crippen molar-refractivity contribution >= 4 is 11.8 Å². The second-order valence-electron chi connectivity index (χ2n) is 6.57. The van der Waals surface area contributed by atoms with E-state index in [4.69, 9.17) is 0 Å². The highest BCUT2D eigenvalue weighted by molar-refractivity contribution is 5.88. The van der Waals surface area contributed by atoms with Gasteiger partial charge in [-0.15, -0.1) is 10.2 Å². The smallest absolute Gasteiger partial charge is 0.237 e. The van der Waals surface area contributed by atoms with Crippen LogP contribution in [-0.2, 0) is 29.6 Å². The van der Waals surface area contributed by atoms with E-state index in [1.807, 2.05) is 18.0 Å². The summed E-state index contributed by atoms with van der Waals surface area (Å²) in [7, 11) is 1.84. The molecular formula is C18H23FN6O2. The molecule has 2 N–H and O–H groups in total. The Bertz CT molecular complexity index is 809. The average Bonchev–Trinajstić information content (AvgIpc) is 3.03. The van der Waals surface area contributed by atoms with E-state index < -0.39 is 6.04 Å². The summed E-state index contributed by atoms with van der Waals surface area (Å²) in [5.74, 6) is 0.0787. The van der Waals surface area contributed by atoms with Crippen molar-refractivity contribution < 1.29 is 14.0 Å². The van der Waals surface area contributed by atoms with Gasteiger partial charge in [0.2, 0.25) is 11.8 Å². The number of rotatable bonds is 7. The molecular weight excluding hydrogens is 351 g/mol. The SMILES string of the molecule is Cn1cnnc1CCNC(=O)C[C@@H]1C(=O)NCCN1Cc1cccc(F)c1. The monoisotopic (exact) mass is 374 g/mol. The third-order valence-corrected chi connectivity index (χ3v) is 4.57. The molecule has 1 aliphatic rings. The molecule has 27 heavy (non-hydrogen) atoms. The van der Waals surface area contributed by atoms with Gasteiger partial charge in [-0.05, 0) is 17.7 Å². The molecule has 3 rings (SSSR count). The van der Waals surface area contributed by atoms with Crippen molar-refractivity contribution in [1.29, 1.82) is 0 Å². The van der Waals surface area contributed by atoms with Gasteiger partial charge in [0.15, 0.2) is 0 Å². The molecule has 1 fully saturated rings. The number of nitrogens with zero attached hydrogens (tertiary/aromatic N) is 4. The summed E-state index contributed by atoms with van der Waals surface area (Å²) in [5.41, 5.74) is 0.775. The van der Waals surface area contributed by atoms with Crippen LogP contribution < -0.4 is 10.6 Å². The lowest BCUT2D eigenvalue weighted by atomic mass is 10.1. The third-order valence-electron chi connectivity index (χ3n) is 4.57. The Hall–Kier alpha value is -2.81. The summed E-state index contributed by atoms with van der Waals surface area (Å²) in [5, 5.41) is 13.4. The maximum atomic E-state index is 13.4. The first-order chi connectivity index (χ1) is 13.0. The number of benzene rings is 1. The molecule has 2 amide bonds. The van der Waals surface area contributed by atoms with E-state index in [0.29, 0.717) is 32.6 Å². The summed E-state index contributed by atoms with van der Waals surface area (Å²) in [6.07, 6.45) is 2.22. The summed E-state index contributed by atoms with van der Waals surface area (Å²) < 4.78 is 15.2. The average molecular weight is 374 g/mol. The van der Waals surface area contributed by atoms with Crippen molar-refractivity contribution in [2.24, 2.45) is 7.05 Å². The molecule has 0 spiro atoms. The van der Waals surface area contributed by atoms with Gasteiger partial charge in [0, 0.05) is 39.6 Å². The quantitative estimate of drug-likeness (QED) is 0.712. The Morgan fingerprint density at radius 1 is 1.44 bits per heavy atom. The number of nitrogens with one attached hydrogen (secondary N) is 2. The zero-order valence-electron chi connectivity index (χ0n) is 15.2. The van der Waals surface area contributed by atoms with Crippen LogP contribution in [0.5, 0.6) is 0 Å². The highest BCUT2D eigenvalue weighted by Crippen LogP contribution is 2.14. The van der Waals surface area contributed by atoms with Crippen molar-refractivity contribution in [2.45, 2.75) is 25.4 Å². The maximum Gasteiger partial charge on any atom is 0.237 e. The minimum absolute atomic E-state index is 0.0555. The van der Waals surface area contributed by atoms with Gasteiger partial charge in [-0.3, -0.25) is 14.5 Å². The molecule has 2 heterocycles. The van der Waals surface area contributed by atoms with E-state index in [2.05, 4.69) is 20.8 Å². The van der Waals surface area contributed by atoms with Gasteiger partial charge in [0.05, 0.1) is 12.5 Å². The fourth-order valence-corrected chi connectivity index (χ4v) is 3.14. The van der Waals surface area contributed by atoms with E-state index in [1.165, 1.54) is 12.1 Å². The maximum absolute atomic E-state index is 13.4. The molecule has 0 saturated carbocycles. The number of amides is 2. The van der Waals surface area contributed by atoms with Gasteiger partial charge in [0.1, 0.15) is 18.0 Å². The van der Waals surface area contributed by atoms with E-state index in [-0.39, 0.29) is 24.1 Å². The van der Waals surface area contributed by atoms with Crippen LogP contribution in [-0.4, -0.2) is 57.2 Å². The lowest BCUT2D eigenvalue weighted by Crippen LogP contribution is -2.56. The van der Waals surface area contributed by atoms with E-state index >= 15 is 0 Å². The fraction of sp³-hybridized carbons (Fsp3) is 0.444. The molecule has 9 heteroatoms. The molecule has 0 bridgehead atoms. The largest absolute Gasteiger partial charge is 0.356 e. The van der Waals surface area contributed by atoms with Crippen LogP contribution in [0.4, 0.5) is 4.39 Å². The molecule has 144 valence electrons. The molecule has 0 unspecified atom stereocenters. The molecule has 1 aromatic heterocycles. The molecule has 0 radical (unpaired) electrons. The normalized spacial score (nSPS) is 17.6. The Labute approximate surface area is 156 Å². The number of hydrogen-bond acceptors (Lipinski definition) is 5. The van der Waals surface area contributed by atoms with Gasteiger partial charge in [-0.25, -0.2) is 4.39 Å². The van der Waals surface area contributed by atoms with E-state index in [9.17, 15) is 14.0 Å². The van der Waals surface area contributed by atoms with Crippen LogP contribution in [0.25, 0.3) is 0 Å². The summed E-state index contributed by atoms with van der Waals surface area (Å²) in [4.78, 5) is 26.5. The van der Waals surface area contributed by atoms with E-state index in [0.717, 1.165) is 11.4 Å². The molecule has 2 aromatic rings. The van der Waals surface area contributed by atoms with Crippen molar-refractivity contribution in [3.8, 4) is 0 Å². The lowest BCUT2D eigenvalue weighted by molar-refractivity contribution is -0.134. The van der Waals surface area contributed by atoms with Crippen molar-refractivity contribution in [2.75, 3.05) is 19.6 Å². The minimum atomic E-state index is -0.572. The Morgan fingerprint density at radius 2 is 2.30 bits per heavy atom. The van der Waals surface area contributed by atoms with Gasteiger partial charge in [-0.1, -0.05) is 12.1 Å². The highest BCUT2D eigenvalue weighted by atomic mass is 19.1. The lowest BCUT2D eigenvalue weighted by Gasteiger charge is -2.34. The van der Waals surface area contributed by atoms with Crippen molar-refractivity contribution in [3.05, 3.63) is 47.8 Å². The van der Waals surface area contributed by atoms with Crippen LogP contribution in [0.3, 0.4) is 0 Å². The van der Waals surface area contributed by atoms with Gasteiger partial charge >= 0.3 is 0 Å². The highest BCUT2D eigenvalue weighted by Gasteiger charge is 2.31. The minimum Gasteiger partial charge on any atom is -0.356 e. The number of halogens is 1. The Morgan fingerprint density at radius 3 is 3.04 bits per heavy atom. The zero-order chi connectivity index (χ0) is 19.2. The summed E-state index contributed by atoms with van der Waals surface area (Å²) >= 11 is 0. The number of aromatic nitrogens is 3. The topological polar surface area (TPSA) is 92.1 Å². The molecule has 0 aliphatic carbocycles. The number of aryl methyl sites for hydroxylation is 1. The predicted octanol–water partition coefficient (Wildman–Crippen LogP) is 0.00360. The van der Waals surface area contributed by atoms with Gasteiger partial charge in [0.25, 0.3) is 0 Å². The van der Waals surface area contributed by atoms with Crippen LogP contribution >= 0.6 is 0 Å². The van der Waals surface area contributed by atoms with Gasteiger partial charge < -0.3 is 15.2 Å². The first kappa shape index (κ1) is 19.0. The molecule has 8 nitrogen and oxygen atoms in total. The number of carbonyl (C=O) groups excluding carboxylic acids is 2. The first-order valence-corrected chi connectivity index (χ1v) is 8.88. The molecule has 1 saturated heterocycles.